The summed E-state index contributed by atoms with van der Waals surface area (Å²) >= 11 is 2.17. The number of aromatic nitrogens is 1. The number of nitrogens with one attached hydrogen (secondary N) is 1. The highest BCUT2D eigenvalue weighted by atomic mass is 127. The molecule has 1 aromatic carbocycles. The average Bonchev–Trinajstić information content (AvgIpc) is 2.74. The SMILES string of the molecule is Cn1c(C(=O)Nc2ccc(I)cc2)ccc1[N+](=O)[O-]. The Labute approximate surface area is 122 Å². The van der Waals surface area contributed by atoms with Crippen LogP contribution in [0.25, 0.3) is 0 Å². The lowest BCUT2D eigenvalue weighted by molar-refractivity contribution is -0.391. The van der Waals surface area contributed by atoms with E-state index >= 15 is 0 Å². The monoisotopic (exact) mass is 371 g/mol. The topological polar surface area (TPSA) is 77.2 Å². The zero-order chi connectivity index (χ0) is 14.0. The Morgan fingerprint density at radius 3 is 2.42 bits per heavy atom. The van der Waals surface area contributed by atoms with Crippen LogP contribution >= 0.6 is 22.6 Å². The first-order valence-electron chi connectivity index (χ1n) is 5.36. The molecule has 2 aromatic rings. The van der Waals surface area contributed by atoms with E-state index < -0.39 is 4.92 Å². The molecule has 2 rings (SSSR count). The molecule has 0 radical (unpaired) electrons. The van der Waals surface area contributed by atoms with Crippen molar-refractivity contribution in [1.29, 1.82) is 0 Å². The van der Waals surface area contributed by atoms with Gasteiger partial charge in [-0.3, -0.25) is 4.79 Å². The van der Waals surface area contributed by atoms with E-state index in [-0.39, 0.29) is 17.4 Å². The molecule has 0 fully saturated rings. The number of nitro groups is 1. The van der Waals surface area contributed by atoms with E-state index in [1.54, 1.807) is 12.1 Å². The van der Waals surface area contributed by atoms with Crippen LogP contribution in [0, 0.1) is 13.7 Å². The van der Waals surface area contributed by atoms with Crippen molar-refractivity contribution < 1.29 is 9.72 Å². The van der Waals surface area contributed by atoms with Gasteiger partial charge in [-0.2, -0.15) is 0 Å². The molecule has 7 heteroatoms. The van der Waals surface area contributed by atoms with Crippen molar-refractivity contribution in [3.63, 3.8) is 0 Å². The first-order chi connectivity index (χ1) is 8.99. The number of anilines is 1. The van der Waals surface area contributed by atoms with Crippen molar-refractivity contribution >= 4 is 40.0 Å². The predicted octanol–water partition coefficient (Wildman–Crippen LogP) is 2.79. The normalized spacial score (nSPS) is 10.2. The fourth-order valence-electron chi connectivity index (χ4n) is 1.64. The zero-order valence-electron chi connectivity index (χ0n) is 9.96. The summed E-state index contributed by atoms with van der Waals surface area (Å²) in [6.45, 7) is 0. The number of halogens is 1. The Balaban J connectivity index is 2.21. The van der Waals surface area contributed by atoms with E-state index in [4.69, 9.17) is 0 Å². The minimum absolute atomic E-state index is 0.118. The molecule has 1 amide bonds. The summed E-state index contributed by atoms with van der Waals surface area (Å²) in [5.74, 6) is -0.496. The van der Waals surface area contributed by atoms with Gasteiger partial charge in [-0.1, -0.05) is 0 Å². The third-order valence-electron chi connectivity index (χ3n) is 2.62. The first kappa shape index (κ1) is 13.5. The van der Waals surface area contributed by atoms with Gasteiger partial charge in [-0.05, 0) is 57.8 Å². The zero-order valence-corrected chi connectivity index (χ0v) is 12.1. The second kappa shape index (κ2) is 5.39. The third-order valence-corrected chi connectivity index (χ3v) is 3.34. The highest BCUT2D eigenvalue weighted by Gasteiger charge is 2.20. The van der Waals surface area contributed by atoms with E-state index in [2.05, 4.69) is 27.9 Å². The van der Waals surface area contributed by atoms with Crippen LogP contribution in [-0.2, 0) is 7.05 Å². The molecule has 1 aromatic heterocycles. The summed E-state index contributed by atoms with van der Waals surface area (Å²) in [6, 6.07) is 10.0. The van der Waals surface area contributed by atoms with Crippen LogP contribution in [0.4, 0.5) is 11.5 Å². The van der Waals surface area contributed by atoms with Crippen LogP contribution in [0.5, 0.6) is 0 Å². The Bertz CT molecular complexity index is 634. The van der Waals surface area contributed by atoms with Gasteiger partial charge in [-0.25, -0.2) is 4.57 Å². The fourth-order valence-corrected chi connectivity index (χ4v) is 2.00. The van der Waals surface area contributed by atoms with Crippen LogP contribution in [-0.4, -0.2) is 15.4 Å². The molecule has 1 heterocycles. The van der Waals surface area contributed by atoms with Crippen LogP contribution in [0.15, 0.2) is 36.4 Å². The van der Waals surface area contributed by atoms with Crippen molar-refractivity contribution in [2.75, 3.05) is 5.32 Å². The van der Waals surface area contributed by atoms with Gasteiger partial charge in [0.05, 0.1) is 7.05 Å². The standard InChI is InChI=1S/C12H10IN3O3/c1-15-10(6-7-11(15)16(18)19)12(17)14-9-4-2-8(13)3-5-9/h2-7H,1H3,(H,14,17). The predicted molar refractivity (Wildman–Crippen MR) is 79.2 cm³/mol. The smallest absolute Gasteiger partial charge is 0.323 e. The van der Waals surface area contributed by atoms with Gasteiger partial charge in [0.25, 0.3) is 5.91 Å². The molecule has 0 aliphatic carbocycles. The Kier molecular flexibility index (Phi) is 3.84. The molecule has 6 nitrogen and oxygen atoms in total. The number of amides is 1. The van der Waals surface area contributed by atoms with Gasteiger partial charge in [0.1, 0.15) is 0 Å². The van der Waals surface area contributed by atoms with Gasteiger partial charge in [-0.15, -0.1) is 0 Å². The summed E-state index contributed by atoms with van der Waals surface area (Å²) in [6.07, 6.45) is 0. The summed E-state index contributed by atoms with van der Waals surface area (Å²) in [5.41, 5.74) is 0.888. The maximum absolute atomic E-state index is 12.0. The lowest BCUT2D eigenvalue weighted by Gasteiger charge is -2.04. The minimum Gasteiger partial charge on any atom is -0.358 e. The van der Waals surface area contributed by atoms with Gasteiger partial charge < -0.3 is 15.4 Å². The van der Waals surface area contributed by atoms with E-state index in [1.807, 2.05) is 12.1 Å². The number of benzene rings is 1. The molecule has 0 bridgehead atoms. The third kappa shape index (κ3) is 2.92. The lowest BCUT2D eigenvalue weighted by Crippen LogP contribution is -2.16. The molecule has 0 unspecified atom stereocenters. The highest BCUT2D eigenvalue weighted by Crippen LogP contribution is 2.17. The van der Waals surface area contributed by atoms with Gasteiger partial charge in [0.15, 0.2) is 5.69 Å². The highest BCUT2D eigenvalue weighted by molar-refractivity contribution is 14.1. The van der Waals surface area contributed by atoms with Gasteiger partial charge in [0, 0.05) is 15.3 Å². The Morgan fingerprint density at radius 1 is 1.26 bits per heavy atom. The van der Waals surface area contributed by atoms with Crippen molar-refractivity contribution in [1.82, 2.24) is 4.57 Å². The molecule has 1 N–H and O–H groups in total. The maximum atomic E-state index is 12.0. The van der Waals surface area contributed by atoms with Crippen molar-refractivity contribution in [2.45, 2.75) is 0 Å². The van der Waals surface area contributed by atoms with Crippen LogP contribution in [0.3, 0.4) is 0 Å². The van der Waals surface area contributed by atoms with E-state index in [1.165, 1.54) is 23.7 Å². The molecule has 19 heavy (non-hydrogen) atoms. The average molecular weight is 371 g/mol. The molecule has 0 saturated heterocycles. The van der Waals surface area contributed by atoms with E-state index in [0.29, 0.717) is 5.69 Å². The first-order valence-corrected chi connectivity index (χ1v) is 6.44. The van der Waals surface area contributed by atoms with Crippen molar-refractivity contribution in [3.05, 3.63) is 55.8 Å². The molecular weight excluding hydrogens is 361 g/mol. The molecule has 0 aliphatic heterocycles. The van der Waals surface area contributed by atoms with Crippen LogP contribution in [0.2, 0.25) is 0 Å². The molecule has 0 spiro atoms. The fraction of sp³-hybridized carbons (Fsp3) is 0.0833. The van der Waals surface area contributed by atoms with Crippen LogP contribution in [0.1, 0.15) is 10.5 Å². The van der Waals surface area contributed by atoms with Crippen molar-refractivity contribution in [2.24, 2.45) is 7.05 Å². The summed E-state index contributed by atoms with van der Waals surface area (Å²) in [4.78, 5) is 22.2. The van der Waals surface area contributed by atoms with Gasteiger partial charge in [0.2, 0.25) is 0 Å². The Hall–Kier alpha value is -1.90. The quantitative estimate of drug-likeness (QED) is 0.512. The number of hydrogen-bond donors (Lipinski definition) is 1. The minimum atomic E-state index is -0.526. The van der Waals surface area contributed by atoms with E-state index in [9.17, 15) is 14.9 Å². The number of rotatable bonds is 3. The molecule has 0 saturated carbocycles. The molecule has 0 aliphatic rings. The largest absolute Gasteiger partial charge is 0.358 e. The number of hydrogen-bond acceptors (Lipinski definition) is 3. The van der Waals surface area contributed by atoms with Crippen LogP contribution < -0.4 is 5.32 Å². The lowest BCUT2D eigenvalue weighted by atomic mass is 10.3. The summed E-state index contributed by atoms with van der Waals surface area (Å²) < 4.78 is 2.31. The molecule has 98 valence electrons. The second-order valence-electron chi connectivity index (χ2n) is 3.85. The Morgan fingerprint density at radius 2 is 1.89 bits per heavy atom. The number of carbonyl (C=O) groups excluding carboxylic acids is 1. The second-order valence-corrected chi connectivity index (χ2v) is 5.10. The number of nitrogens with zero attached hydrogens (tertiary/aromatic N) is 2. The summed E-state index contributed by atoms with van der Waals surface area (Å²) in [5, 5.41) is 13.4. The summed E-state index contributed by atoms with van der Waals surface area (Å²) in [7, 11) is 1.49. The van der Waals surface area contributed by atoms with Gasteiger partial charge >= 0.3 is 5.82 Å². The maximum Gasteiger partial charge on any atom is 0.323 e. The molecular formula is C12H10IN3O3. The number of carbonyl (C=O) groups is 1. The van der Waals surface area contributed by atoms with Crippen molar-refractivity contribution in [3.8, 4) is 0 Å². The molecule has 0 atom stereocenters. The van der Waals surface area contributed by atoms with E-state index in [0.717, 1.165) is 3.57 Å².